The lowest BCUT2D eigenvalue weighted by Gasteiger charge is -2.07. The number of aromatic nitrogens is 1. The van der Waals surface area contributed by atoms with Crippen LogP contribution in [0.15, 0.2) is 21.5 Å². The highest BCUT2D eigenvalue weighted by atomic mass is 79.9. The number of hydrogen-bond donors (Lipinski definition) is 1. The summed E-state index contributed by atoms with van der Waals surface area (Å²) in [6.45, 7) is 3.53. The fourth-order valence-electron chi connectivity index (χ4n) is 1.24. The zero-order valence-corrected chi connectivity index (χ0v) is 11.1. The Hall–Kier alpha value is -0.260. The van der Waals surface area contributed by atoms with E-state index in [1.807, 2.05) is 6.07 Å². The van der Waals surface area contributed by atoms with E-state index >= 15 is 0 Å². The summed E-state index contributed by atoms with van der Waals surface area (Å²) >= 11 is 7.39. The van der Waals surface area contributed by atoms with Crippen molar-refractivity contribution in [3.05, 3.63) is 32.7 Å². The van der Waals surface area contributed by atoms with Gasteiger partial charge in [0.2, 0.25) is 0 Å². The Balaban J connectivity index is 2.64. The highest BCUT2D eigenvalue weighted by molar-refractivity contribution is 9.10. The predicted molar refractivity (Wildman–Crippen MR) is 67.8 cm³/mol. The average Bonchev–Trinajstić information content (AvgIpc) is 2.19. The van der Waals surface area contributed by atoms with E-state index in [4.69, 9.17) is 4.74 Å². The molecular weight excluding hydrogens is 278 g/mol. The molecule has 1 heterocycles. The van der Waals surface area contributed by atoms with Gasteiger partial charge in [-0.15, -0.1) is 0 Å². The van der Waals surface area contributed by atoms with Crippen molar-refractivity contribution in [2.75, 3.05) is 19.0 Å². The molecule has 0 amide bonds. The molecule has 0 N–H and O–H groups in total. The number of pyridine rings is 1. The van der Waals surface area contributed by atoms with E-state index in [9.17, 15) is 4.79 Å². The third-order valence-electron chi connectivity index (χ3n) is 1.94. The van der Waals surface area contributed by atoms with Gasteiger partial charge >= 0.3 is 0 Å². The lowest BCUT2D eigenvalue weighted by Crippen LogP contribution is -2.23. The van der Waals surface area contributed by atoms with Gasteiger partial charge in [-0.2, -0.15) is 12.6 Å². The quantitative estimate of drug-likeness (QED) is 0.663. The fourth-order valence-corrected chi connectivity index (χ4v) is 1.96. The van der Waals surface area contributed by atoms with Crippen LogP contribution in [0.4, 0.5) is 0 Å². The SMILES string of the molecule is Cc1cc(Br)cn(CCOCCS)c1=O. The standard InChI is InChI=1S/C10H14BrNO2S/c1-8-6-9(11)7-12(10(8)13)2-3-14-4-5-15/h6-7,15H,2-5H2,1H3. The Kier molecular flexibility index (Phi) is 5.42. The van der Waals surface area contributed by atoms with Crippen LogP contribution in [0.25, 0.3) is 0 Å². The second kappa shape index (κ2) is 6.35. The number of ether oxygens (including phenoxy) is 1. The lowest BCUT2D eigenvalue weighted by molar-refractivity contribution is 0.140. The number of rotatable bonds is 5. The Bertz CT molecular complexity index is 378. The molecule has 3 nitrogen and oxygen atoms in total. The summed E-state index contributed by atoms with van der Waals surface area (Å²) in [5.41, 5.74) is 0.770. The van der Waals surface area contributed by atoms with Gasteiger partial charge in [-0.1, -0.05) is 0 Å². The van der Waals surface area contributed by atoms with Gasteiger partial charge in [0.05, 0.1) is 13.2 Å². The first kappa shape index (κ1) is 12.8. The van der Waals surface area contributed by atoms with Gasteiger partial charge in [-0.3, -0.25) is 4.79 Å². The number of hydrogen-bond acceptors (Lipinski definition) is 3. The van der Waals surface area contributed by atoms with Crippen molar-refractivity contribution in [2.24, 2.45) is 0 Å². The van der Waals surface area contributed by atoms with Crippen LogP contribution < -0.4 is 5.56 Å². The molecule has 1 aromatic heterocycles. The summed E-state index contributed by atoms with van der Waals surface area (Å²) in [7, 11) is 0. The molecular formula is C10H14BrNO2S. The Morgan fingerprint density at radius 1 is 1.53 bits per heavy atom. The van der Waals surface area contributed by atoms with E-state index in [0.717, 1.165) is 10.0 Å². The molecule has 84 valence electrons. The second-order valence-corrected chi connectivity index (χ2v) is 4.54. The van der Waals surface area contributed by atoms with Gasteiger partial charge in [0.25, 0.3) is 5.56 Å². The molecule has 0 saturated heterocycles. The van der Waals surface area contributed by atoms with Crippen molar-refractivity contribution in [2.45, 2.75) is 13.5 Å². The van der Waals surface area contributed by atoms with Crippen LogP contribution in [0.3, 0.4) is 0 Å². The highest BCUT2D eigenvalue weighted by Crippen LogP contribution is 2.07. The molecule has 0 saturated carbocycles. The number of halogens is 1. The van der Waals surface area contributed by atoms with E-state index < -0.39 is 0 Å². The van der Waals surface area contributed by atoms with E-state index in [-0.39, 0.29) is 5.56 Å². The topological polar surface area (TPSA) is 31.2 Å². The first-order chi connectivity index (χ1) is 7.15. The molecule has 0 atom stereocenters. The van der Waals surface area contributed by atoms with E-state index in [1.165, 1.54) is 0 Å². The maximum atomic E-state index is 11.7. The predicted octanol–water partition coefficient (Wildman–Crippen LogP) is 1.87. The minimum absolute atomic E-state index is 0.0349. The van der Waals surface area contributed by atoms with E-state index in [0.29, 0.717) is 25.5 Å². The lowest BCUT2D eigenvalue weighted by atomic mass is 10.3. The van der Waals surface area contributed by atoms with Gasteiger partial charge in [-0.25, -0.2) is 0 Å². The van der Waals surface area contributed by atoms with Crippen LogP contribution in [0.1, 0.15) is 5.56 Å². The van der Waals surface area contributed by atoms with E-state index in [1.54, 1.807) is 17.7 Å². The molecule has 0 aromatic carbocycles. The second-order valence-electron chi connectivity index (χ2n) is 3.18. The molecule has 0 unspecified atom stereocenters. The Labute approximate surface area is 103 Å². The van der Waals surface area contributed by atoms with Crippen LogP contribution in [-0.2, 0) is 11.3 Å². The first-order valence-electron chi connectivity index (χ1n) is 4.70. The molecule has 0 aliphatic rings. The normalized spacial score (nSPS) is 10.6. The zero-order valence-electron chi connectivity index (χ0n) is 8.57. The molecule has 5 heteroatoms. The fraction of sp³-hybridized carbons (Fsp3) is 0.500. The molecule has 15 heavy (non-hydrogen) atoms. The zero-order chi connectivity index (χ0) is 11.3. The maximum absolute atomic E-state index is 11.7. The van der Waals surface area contributed by atoms with Crippen LogP contribution >= 0.6 is 28.6 Å². The summed E-state index contributed by atoms with van der Waals surface area (Å²) in [6.07, 6.45) is 1.78. The number of nitrogens with zero attached hydrogens (tertiary/aromatic N) is 1. The average molecular weight is 292 g/mol. The van der Waals surface area contributed by atoms with Crippen molar-refractivity contribution in [1.82, 2.24) is 4.57 Å². The molecule has 1 rings (SSSR count). The summed E-state index contributed by atoms with van der Waals surface area (Å²) in [5, 5.41) is 0. The van der Waals surface area contributed by atoms with E-state index in [2.05, 4.69) is 28.6 Å². The molecule has 0 radical (unpaired) electrons. The minimum Gasteiger partial charge on any atom is -0.379 e. The number of aryl methyl sites for hydroxylation is 1. The monoisotopic (exact) mass is 291 g/mol. The molecule has 0 bridgehead atoms. The van der Waals surface area contributed by atoms with Crippen molar-refractivity contribution in [3.8, 4) is 0 Å². The van der Waals surface area contributed by atoms with Gasteiger partial charge in [0.15, 0.2) is 0 Å². The molecule has 1 aromatic rings. The van der Waals surface area contributed by atoms with Crippen molar-refractivity contribution >= 4 is 28.6 Å². The summed E-state index contributed by atoms with van der Waals surface area (Å²) in [4.78, 5) is 11.7. The van der Waals surface area contributed by atoms with Crippen molar-refractivity contribution in [3.63, 3.8) is 0 Å². The van der Waals surface area contributed by atoms with Crippen LogP contribution in [0.5, 0.6) is 0 Å². The molecule has 0 spiro atoms. The van der Waals surface area contributed by atoms with Crippen LogP contribution in [0, 0.1) is 6.92 Å². The smallest absolute Gasteiger partial charge is 0.253 e. The van der Waals surface area contributed by atoms with Crippen molar-refractivity contribution in [1.29, 1.82) is 0 Å². The Morgan fingerprint density at radius 3 is 2.93 bits per heavy atom. The third kappa shape index (κ3) is 4.01. The van der Waals surface area contributed by atoms with Gasteiger partial charge in [-0.05, 0) is 28.9 Å². The van der Waals surface area contributed by atoms with Gasteiger partial charge in [0, 0.05) is 28.5 Å². The van der Waals surface area contributed by atoms with Crippen molar-refractivity contribution < 1.29 is 4.74 Å². The third-order valence-corrected chi connectivity index (χ3v) is 2.56. The van der Waals surface area contributed by atoms with Crippen LogP contribution in [0.2, 0.25) is 0 Å². The molecule has 0 aliphatic carbocycles. The molecule has 0 fully saturated rings. The Morgan fingerprint density at radius 2 is 2.27 bits per heavy atom. The van der Waals surface area contributed by atoms with Crippen LogP contribution in [-0.4, -0.2) is 23.5 Å². The molecule has 0 aliphatic heterocycles. The van der Waals surface area contributed by atoms with Gasteiger partial charge < -0.3 is 9.30 Å². The number of thiol groups is 1. The summed E-state index contributed by atoms with van der Waals surface area (Å²) < 4.78 is 7.83. The minimum atomic E-state index is 0.0349. The summed E-state index contributed by atoms with van der Waals surface area (Å²) in [6, 6.07) is 1.81. The highest BCUT2D eigenvalue weighted by Gasteiger charge is 2.01. The first-order valence-corrected chi connectivity index (χ1v) is 6.13. The summed E-state index contributed by atoms with van der Waals surface area (Å²) in [5.74, 6) is 0.701. The van der Waals surface area contributed by atoms with Gasteiger partial charge in [0.1, 0.15) is 0 Å². The largest absolute Gasteiger partial charge is 0.379 e. The maximum Gasteiger partial charge on any atom is 0.253 e.